The predicted octanol–water partition coefficient (Wildman–Crippen LogP) is 2.12. The van der Waals surface area contributed by atoms with Crippen molar-refractivity contribution < 1.29 is 4.74 Å². The molecule has 3 rings (SSSR count). The largest absolute Gasteiger partial charge is 0.369 e. The van der Waals surface area contributed by atoms with E-state index < -0.39 is 0 Å². The normalized spacial score (nSPS) is 20.2. The van der Waals surface area contributed by atoms with E-state index in [2.05, 4.69) is 26.8 Å². The Morgan fingerprint density at radius 1 is 1.40 bits per heavy atom. The predicted molar refractivity (Wildman–Crippen MR) is 77.6 cm³/mol. The number of nitrogens with zero attached hydrogens (tertiary/aromatic N) is 4. The van der Waals surface area contributed by atoms with Gasteiger partial charge in [0, 0.05) is 30.7 Å². The molecular formula is C14H18N4OS. The summed E-state index contributed by atoms with van der Waals surface area (Å²) in [5, 5.41) is 0. The lowest BCUT2D eigenvalue weighted by Gasteiger charge is -2.32. The van der Waals surface area contributed by atoms with Gasteiger partial charge in [-0.15, -0.1) is 11.3 Å². The first-order chi connectivity index (χ1) is 9.72. The molecule has 20 heavy (non-hydrogen) atoms. The van der Waals surface area contributed by atoms with Crippen LogP contribution in [0.2, 0.25) is 0 Å². The molecule has 1 saturated heterocycles. The Morgan fingerprint density at radius 3 is 3.05 bits per heavy atom. The molecule has 1 aliphatic rings. The smallest absolute Gasteiger partial charge is 0.125 e. The van der Waals surface area contributed by atoms with Gasteiger partial charge in [-0.25, -0.2) is 15.0 Å². The van der Waals surface area contributed by atoms with Crippen molar-refractivity contribution >= 4 is 11.3 Å². The molecule has 0 bridgehead atoms. The van der Waals surface area contributed by atoms with E-state index in [9.17, 15) is 0 Å². The monoisotopic (exact) mass is 290 g/mol. The van der Waals surface area contributed by atoms with Crippen molar-refractivity contribution in [3.05, 3.63) is 39.9 Å². The topological polar surface area (TPSA) is 51.1 Å². The number of thiazole rings is 1. The first-order valence-corrected chi connectivity index (χ1v) is 7.63. The molecule has 106 valence electrons. The fraction of sp³-hybridized carbons (Fsp3) is 0.500. The van der Waals surface area contributed by atoms with Gasteiger partial charge in [-0.2, -0.15) is 0 Å². The van der Waals surface area contributed by atoms with Gasteiger partial charge in [0.15, 0.2) is 0 Å². The van der Waals surface area contributed by atoms with Crippen LogP contribution in [0.5, 0.6) is 0 Å². The maximum Gasteiger partial charge on any atom is 0.125 e. The minimum Gasteiger partial charge on any atom is -0.369 e. The van der Waals surface area contributed by atoms with E-state index >= 15 is 0 Å². The third-order valence-electron chi connectivity index (χ3n) is 3.49. The molecule has 2 aromatic heterocycles. The molecule has 0 amide bonds. The highest BCUT2D eigenvalue weighted by atomic mass is 32.1. The lowest BCUT2D eigenvalue weighted by Crippen LogP contribution is -2.38. The number of rotatable bonds is 3. The summed E-state index contributed by atoms with van der Waals surface area (Å²) in [5.41, 5.74) is 4.02. The van der Waals surface area contributed by atoms with Gasteiger partial charge >= 0.3 is 0 Å². The van der Waals surface area contributed by atoms with Crippen LogP contribution in [0.25, 0.3) is 0 Å². The van der Waals surface area contributed by atoms with E-state index in [0.29, 0.717) is 0 Å². The number of hydrogen-bond acceptors (Lipinski definition) is 6. The van der Waals surface area contributed by atoms with Crippen molar-refractivity contribution in [2.24, 2.45) is 0 Å². The van der Waals surface area contributed by atoms with Crippen LogP contribution >= 0.6 is 11.3 Å². The minimum absolute atomic E-state index is 0.0404. The summed E-state index contributed by atoms with van der Waals surface area (Å²) in [5.74, 6) is 0.793. The van der Waals surface area contributed by atoms with E-state index in [-0.39, 0.29) is 6.10 Å². The second-order valence-corrected chi connectivity index (χ2v) is 5.92. The molecule has 0 aliphatic carbocycles. The van der Waals surface area contributed by atoms with E-state index in [1.54, 1.807) is 17.5 Å². The number of morpholine rings is 1. The zero-order valence-corrected chi connectivity index (χ0v) is 12.6. The maximum atomic E-state index is 5.85. The fourth-order valence-corrected chi connectivity index (χ4v) is 3.18. The van der Waals surface area contributed by atoms with Crippen LogP contribution in [0.3, 0.4) is 0 Å². The summed E-state index contributed by atoms with van der Waals surface area (Å²) in [4.78, 5) is 16.7. The van der Waals surface area contributed by atoms with Crippen molar-refractivity contribution in [3.8, 4) is 0 Å². The van der Waals surface area contributed by atoms with Gasteiger partial charge in [0.25, 0.3) is 0 Å². The van der Waals surface area contributed by atoms with E-state index in [1.165, 1.54) is 4.88 Å². The Kier molecular flexibility index (Phi) is 4.05. The van der Waals surface area contributed by atoms with Gasteiger partial charge in [0.1, 0.15) is 11.9 Å². The van der Waals surface area contributed by atoms with E-state index in [1.807, 2.05) is 18.5 Å². The van der Waals surface area contributed by atoms with Crippen LogP contribution in [0.1, 0.15) is 28.2 Å². The molecule has 1 atom stereocenters. The molecule has 0 aromatic carbocycles. The molecule has 6 heteroatoms. The quantitative estimate of drug-likeness (QED) is 0.866. The van der Waals surface area contributed by atoms with Gasteiger partial charge < -0.3 is 4.74 Å². The number of ether oxygens (including phenoxy) is 1. The second-order valence-electron chi connectivity index (χ2n) is 4.98. The lowest BCUT2D eigenvalue weighted by atomic mass is 10.2. The highest BCUT2D eigenvalue weighted by molar-refractivity contribution is 7.09. The van der Waals surface area contributed by atoms with Crippen LogP contribution < -0.4 is 0 Å². The molecular weight excluding hydrogens is 272 g/mol. The van der Waals surface area contributed by atoms with E-state index in [0.717, 1.165) is 43.5 Å². The summed E-state index contributed by atoms with van der Waals surface area (Å²) in [6, 6.07) is 1.94. The van der Waals surface area contributed by atoms with Crippen molar-refractivity contribution in [3.63, 3.8) is 0 Å². The molecule has 5 nitrogen and oxygen atoms in total. The molecule has 3 heterocycles. The summed E-state index contributed by atoms with van der Waals surface area (Å²) in [6.45, 7) is 7.49. The van der Waals surface area contributed by atoms with Crippen LogP contribution in [0.4, 0.5) is 0 Å². The molecule has 2 aromatic rings. The second kappa shape index (κ2) is 5.95. The molecule has 1 fully saturated rings. The summed E-state index contributed by atoms with van der Waals surface area (Å²) in [7, 11) is 0. The Balaban J connectivity index is 1.69. The van der Waals surface area contributed by atoms with Crippen molar-refractivity contribution in [1.29, 1.82) is 0 Å². The standard InChI is InChI=1S/C14H18N4OS/c1-10-14(20-9-16-10)8-18-5-6-19-13(7-18)12-3-4-15-11(2)17-12/h3-4,9,13H,5-8H2,1-2H3. The Morgan fingerprint density at radius 2 is 2.30 bits per heavy atom. The molecule has 1 unspecified atom stereocenters. The minimum atomic E-state index is 0.0404. The molecule has 0 saturated carbocycles. The average Bonchev–Trinajstić information content (AvgIpc) is 2.85. The van der Waals surface area contributed by atoms with Crippen molar-refractivity contribution in [2.75, 3.05) is 19.7 Å². The van der Waals surface area contributed by atoms with Crippen LogP contribution in [-0.4, -0.2) is 39.5 Å². The van der Waals surface area contributed by atoms with Crippen LogP contribution in [0.15, 0.2) is 17.8 Å². The summed E-state index contributed by atoms with van der Waals surface area (Å²) in [6.07, 6.45) is 1.84. The van der Waals surface area contributed by atoms with Crippen molar-refractivity contribution in [2.45, 2.75) is 26.5 Å². The fourth-order valence-electron chi connectivity index (χ4n) is 2.36. The first-order valence-electron chi connectivity index (χ1n) is 6.75. The van der Waals surface area contributed by atoms with Crippen molar-refractivity contribution in [1.82, 2.24) is 19.9 Å². The third kappa shape index (κ3) is 3.03. The van der Waals surface area contributed by atoms with Gasteiger partial charge in [-0.3, -0.25) is 4.90 Å². The average molecular weight is 290 g/mol. The van der Waals surface area contributed by atoms with E-state index in [4.69, 9.17) is 4.74 Å². The van der Waals surface area contributed by atoms with Gasteiger partial charge in [-0.1, -0.05) is 0 Å². The highest BCUT2D eigenvalue weighted by Crippen LogP contribution is 2.23. The number of hydrogen-bond donors (Lipinski definition) is 0. The third-order valence-corrected chi connectivity index (χ3v) is 4.41. The lowest BCUT2D eigenvalue weighted by molar-refractivity contribution is -0.0348. The SMILES string of the molecule is Cc1nccc(C2CN(Cc3scnc3C)CCO2)n1. The summed E-state index contributed by atoms with van der Waals surface area (Å²) < 4.78 is 5.85. The Hall–Kier alpha value is -1.37. The Bertz CT molecular complexity index is 586. The number of aryl methyl sites for hydroxylation is 2. The summed E-state index contributed by atoms with van der Waals surface area (Å²) >= 11 is 1.72. The van der Waals surface area contributed by atoms with Gasteiger partial charge in [-0.05, 0) is 19.9 Å². The maximum absolute atomic E-state index is 5.85. The zero-order chi connectivity index (χ0) is 13.9. The number of aromatic nitrogens is 3. The van der Waals surface area contributed by atoms with Gasteiger partial charge in [0.2, 0.25) is 0 Å². The Labute approximate surface area is 122 Å². The first kappa shape index (κ1) is 13.6. The molecule has 0 spiro atoms. The molecule has 1 aliphatic heterocycles. The zero-order valence-electron chi connectivity index (χ0n) is 11.7. The van der Waals surface area contributed by atoms with Crippen LogP contribution in [0, 0.1) is 13.8 Å². The van der Waals surface area contributed by atoms with Gasteiger partial charge in [0.05, 0.1) is 23.5 Å². The molecule has 0 N–H and O–H groups in total. The van der Waals surface area contributed by atoms with Crippen LogP contribution in [-0.2, 0) is 11.3 Å². The molecule has 0 radical (unpaired) electrons. The highest BCUT2D eigenvalue weighted by Gasteiger charge is 2.23.